The number of halogens is 3. The Kier molecular flexibility index (Phi) is 6.45. The van der Waals surface area contributed by atoms with Gasteiger partial charge in [-0.15, -0.1) is 0 Å². The molecule has 0 aliphatic rings. The molecule has 0 bridgehead atoms. The van der Waals surface area contributed by atoms with Crippen molar-refractivity contribution in [1.29, 1.82) is 0 Å². The van der Waals surface area contributed by atoms with Crippen LogP contribution in [-0.4, -0.2) is 30.1 Å². The first kappa shape index (κ1) is 15.3. The maximum Gasteiger partial charge on any atom is 0.471 e. The van der Waals surface area contributed by atoms with Crippen LogP contribution in [0.2, 0.25) is 0 Å². The lowest BCUT2D eigenvalue weighted by Gasteiger charge is -2.25. The Balaban J connectivity index is 3.99. The minimum absolute atomic E-state index is 0.356. The van der Waals surface area contributed by atoms with Gasteiger partial charge in [-0.3, -0.25) is 4.79 Å². The van der Waals surface area contributed by atoms with Crippen LogP contribution in [0, 0.1) is 0 Å². The molecule has 0 spiro atoms. The highest BCUT2D eigenvalue weighted by atomic mass is 19.4. The zero-order valence-electron chi connectivity index (χ0n) is 10.1. The van der Waals surface area contributed by atoms with Crippen LogP contribution < -0.4 is 0 Å². The zero-order chi connectivity index (χ0) is 12.8. The van der Waals surface area contributed by atoms with E-state index in [1.165, 1.54) is 7.05 Å². The van der Waals surface area contributed by atoms with E-state index in [0.29, 0.717) is 6.42 Å². The van der Waals surface area contributed by atoms with E-state index in [4.69, 9.17) is 0 Å². The molecule has 0 fully saturated rings. The number of unbranched alkanes of at least 4 members (excludes halogenated alkanes) is 3. The average molecular weight is 239 g/mol. The molecule has 0 aliphatic carbocycles. The van der Waals surface area contributed by atoms with E-state index in [-0.39, 0.29) is 6.04 Å². The summed E-state index contributed by atoms with van der Waals surface area (Å²) in [6.07, 6.45) is -0.0839. The van der Waals surface area contributed by atoms with E-state index >= 15 is 0 Å². The summed E-state index contributed by atoms with van der Waals surface area (Å²) in [4.78, 5) is 11.7. The Morgan fingerprint density at radius 2 is 1.81 bits per heavy atom. The molecular weight excluding hydrogens is 219 g/mol. The van der Waals surface area contributed by atoms with Crippen molar-refractivity contribution in [2.24, 2.45) is 0 Å². The molecule has 1 unspecified atom stereocenters. The molecule has 2 nitrogen and oxygen atoms in total. The van der Waals surface area contributed by atoms with Crippen molar-refractivity contribution in [2.45, 2.75) is 58.2 Å². The van der Waals surface area contributed by atoms with Gasteiger partial charge in [0.05, 0.1) is 0 Å². The van der Waals surface area contributed by atoms with Gasteiger partial charge in [-0.05, 0) is 13.3 Å². The summed E-state index contributed by atoms with van der Waals surface area (Å²) >= 11 is 0. The van der Waals surface area contributed by atoms with E-state index in [2.05, 4.69) is 6.92 Å². The third-order valence-corrected chi connectivity index (χ3v) is 2.70. The molecule has 0 aromatic rings. The van der Waals surface area contributed by atoms with Crippen LogP contribution in [0.5, 0.6) is 0 Å². The minimum Gasteiger partial charge on any atom is -0.335 e. The van der Waals surface area contributed by atoms with E-state index < -0.39 is 12.1 Å². The normalized spacial score (nSPS) is 13.6. The zero-order valence-corrected chi connectivity index (χ0v) is 10.1. The molecule has 0 aliphatic heterocycles. The van der Waals surface area contributed by atoms with Crippen molar-refractivity contribution >= 4 is 5.91 Å². The van der Waals surface area contributed by atoms with Crippen LogP contribution in [-0.2, 0) is 4.79 Å². The number of amides is 1. The lowest BCUT2D eigenvalue weighted by Crippen LogP contribution is -2.43. The number of alkyl halides is 3. The highest BCUT2D eigenvalue weighted by Gasteiger charge is 2.42. The van der Waals surface area contributed by atoms with Gasteiger partial charge in [0.25, 0.3) is 0 Å². The van der Waals surface area contributed by atoms with Crippen molar-refractivity contribution in [2.75, 3.05) is 7.05 Å². The summed E-state index contributed by atoms with van der Waals surface area (Å²) in [7, 11) is 1.21. The second-order valence-corrected chi connectivity index (χ2v) is 4.11. The maximum atomic E-state index is 12.1. The van der Waals surface area contributed by atoms with Gasteiger partial charge < -0.3 is 4.90 Å². The standard InChI is InChI=1S/C11H20F3NO/c1-4-5-6-7-8-9(2)15(3)10(16)11(12,13)14/h9H,4-8H2,1-3H3. The van der Waals surface area contributed by atoms with E-state index in [9.17, 15) is 18.0 Å². The fourth-order valence-electron chi connectivity index (χ4n) is 1.46. The molecule has 0 N–H and O–H groups in total. The van der Waals surface area contributed by atoms with Crippen molar-refractivity contribution < 1.29 is 18.0 Å². The summed E-state index contributed by atoms with van der Waals surface area (Å²) < 4.78 is 36.3. The van der Waals surface area contributed by atoms with Crippen LogP contribution in [0.25, 0.3) is 0 Å². The summed E-state index contributed by atoms with van der Waals surface area (Å²) in [5, 5.41) is 0. The number of rotatable bonds is 6. The molecule has 0 saturated heterocycles. The largest absolute Gasteiger partial charge is 0.471 e. The first-order chi connectivity index (χ1) is 7.30. The molecule has 5 heteroatoms. The van der Waals surface area contributed by atoms with Crippen LogP contribution in [0.15, 0.2) is 0 Å². The van der Waals surface area contributed by atoms with Gasteiger partial charge in [-0.25, -0.2) is 0 Å². The Labute approximate surface area is 94.8 Å². The Morgan fingerprint density at radius 3 is 2.25 bits per heavy atom. The molecule has 1 amide bonds. The molecule has 1 atom stereocenters. The van der Waals surface area contributed by atoms with Gasteiger partial charge in [0, 0.05) is 13.1 Å². The molecule has 0 heterocycles. The van der Waals surface area contributed by atoms with Crippen LogP contribution in [0.4, 0.5) is 13.2 Å². The Hall–Kier alpha value is -0.740. The van der Waals surface area contributed by atoms with Crippen LogP contribution in [0.1, 0.15) is 46.0 Å². The quantitative estimate of drug-likeness (QED) is 0.651. The third-order valence-electron chi connectivity index (χ3n) is 2.70. The molecule has 0 radical (unpaired) electrons. The van der Waals surface area contributed by atoms with Crippen molar-refractivity contribution in [3.05, 3.63) is 0 Å². The molecule has 0 rings (SSSR count). The van der Waals surface area contributed by atoms with Gasteiger partial charge in [0.1, 0.15) is 0 Å². The van der Waals surface area contributed by atoms with Gasteiger partial charge in [0.2, 0.25) is 0 Å². The van der Waals surface area contributed by atoms with Gasteiger partial charge in [-0.1, -0.05) is 32.6 Å². The number of carbonyl (C=O) groups excluding carboxylic acids is 1. The molecule has 16 heavy (non-hydrogen) atoms. The number of nitrogens with zero attached hydrogens (tertiary/aromatic N) is 1. The fourth-order valence-corrected chi connectivity index (χ4v) is 1.46. The summed E-state index contributed by atoms with van der Waals surface area (Å²) in [5.41, 5.74) is 0. The maximum absolute atomic E-state index is 12.1. The fraction of sp³-hybridized carbons (Fsp3) is 0.909. The van der Waals surface area contributed by atoms with Crippen LogP contribution >= 0.6 is 0 Å². The Morgan fingerprint density at radius 1 is 1.25 bits per heavy atom. The number of carbonyl (C=O) groups is 1. The number of hydrogen-bond donors (Lipinski definition) is 0. The third kappa shape index (κ3) is 5.37. The predicted molar refractivity (Wildman–Crippen MR) is 57.0 cm³/mol. The first-order valence-electron chi connectivity index (χ1n) is 5.64. The lowest BCUT2D eigenvalue weighted by molar-refractivity contribution is -0.186. The molecule has 0 aromatic heterocycles. The van der Waals surface area contributed by atoms with E-state index in [0.717, 1.165) is 30.6 Å². The second kappa shape index (κ2) is 6.76. The number of hydrogen-bond acceptors (Lipinski definition) is 1. The molecular formula is C11H20F3NO. The van der Waals surface area contributed by atoms with Gasteiger partial charge >= 0.3 is 12.1 Å². The smallest absolute Gasteiger partial charge is 0.335 e. The minimum atomic E-state index is -4.76. The first-order valence-corrected chi connectivity index (χ1v) is 5.64. The summed E-state index contributed by atoms with van der Waals surface area (Å²) in [6.45, 7) is 3.72. The Bertz CT molecular complexity index is 216. The highest BCUT2D eigenvalue weighted by molar-refractivity contribution is 5.81. The average Bonchev–Trinajstić information content (AvgIpc) is 2.20. The molecule has 0 saturated carbocycles. The monoisotopic (exact) mass is 239 g/mol. The predicted octanol–water partition coefficient (Wildman–Crippen LogP) is 3.37. The lowest BCUT2D eigenvalue weighted by atomic mass is 10.1. The van der Waals surface area contributed by atoms with Crippen molar-refractivity contribution in [1.82, 2.24) is 4.90 Å². The second-order valence-electron chi connectivity index (χ2n) is 4.11. The van der Waals surface area contributed by atoms with Gasteiger partial charge in [0.15, 0.2) is 0 Å². The summed E-state index contributed by atoms with van der Waals surface area (Å²) in [6, 6.07) is -0.356. The SMILES string of the molecule is CCCCCCC(C)N(C)C(=O)C(F)(F)F. The van der Waals surface area contributed by atoms with Crippen molar-refractivity contribution in [3.8, 4) is 0 Å². The van der Waals surface area contributed by atoms with Crippen molar-refractivity contribution in [3.63, 3.8) is 0 Å². The van der Waals surface area contributed by atoms with Gasteiger partial charge in [-0.2, -0.15) is 13.2 Å². The van der Waals surface area contributed by atoms with Crippen LogP contribution in [0.3, 0.4) is 0 Å². The van der Waals surface area contributed by atoms with E-state index in [1.807, 2.05) is 0 Å². The molecule has 96 valence electrons. The topological polar surface area (TPSA) is 20.3 Å². The van der Waals surface area contributed by atoms with E-state index in [1.54, 1.807) is 6.92 Å². The molecule has 0 aromatic carbocycles. The summed E-state index contributed by atoms with van der Waals surface area (Å²) in [5.74, 6) is -1.75. The highest BCUT2D eigenvalue weighted by Crippen LogP contribution is 2.20.